The van der Waals surface area contributed by atoms with E-state index < -0.39 is 0 Å². The molecule has 0 aliphatic heterocycles. The van der Waals surface area contributed by atoms with E-state index in [1.807, 2.05) is 0 Å². The van der Waals surface area contributed by atoms with E-state index in [-0.39, 0.29) is 42.1 Å². The van der Waals surface area contributed by atoms with Crippen molar-refractivity contribution in [1.82, 2.24) is 0 Å². The van der Waals surface area contributed by atoms with Crippen LogP contribution >= 0.6 is 0 Å². The summed E-state index contributed by atoms with van der Waals surface area (Å²) in [4.78, 5) is 0. The third-order valence-electron chi connectivity index (χ3n) is 2.63. The van der Waals surface area contributed by atoms with Crippen molar-refractivity contribution in [2.24, 2.45) is 0 Å². The first kappa shape index (κ1) is 17.8. The Balaban J connectivity index is 0. The van der Waals surface area contributed by atoms with Gasteiger partial charge in [0.15, 0.2) is 0 Å². The van der Waals surface area contributed by atoms with Gasteiger partial charge in [0.1, 0.15) is 0 Å². The molecule has 0 amide bonds. The van der Waals surface area contributed by atoms with Crippen molar-refractivity contribution in [1.29, 1.82) is 0 Å². The second-order valence-corrected chi connectivity index (χ2v) is 3.85. The van der Waals surface area contributed by atoms with Gasteiger partial charge in [0.25, 0.3) is 0 Å². The molecule has 2 aliphatic carbocycles. The molecule has 2 aliphatic rings. The first-order chi connectivity index (χ1) is 6.00. The quantitative estimate of drug-likeness (QED) is 0.391. The van der Waals surface area contributed by atoms with Crippen molar-refractivity contribution < 1.29 is 42.1 Å². The molecule has 0 N–H and O–H groups in total. The minimum absolute atomic E-state index is 0. The van der Waals surface area contributed by atoms with E-state index in [4.69, 9.17) is 0 Å². The van der Waals surface area contributed by atoms with E-state index in [2.05, 4.69) is 12.8 Å². The van der Waals surface area contributed by atoms with Crippen LogP contribution < -0.4 is 0 Å². The van der Waals surface area contributed by atoms with Gasteiger partial charge in [-0.05, 0) is 0 Å². The minimum atomic E-state index is 0. The van der Waals surface area contributed by atoms with Crippen molar-refractivity contribution >= 4 is 0 Å². The van der Waals surface area contributed by atoms with Gasteiger partial charge in [0.2, 0.25) is 0 Å². The van der Waals surface area contributed by atoms with Crippen LogP contribution in [0.4, 0.5) is 0 Å². The molecule has 2 fully saturated rings. The molecule has 0 aromatic carbocycles. The number of hydrogen-bond acceptors (Lipinski definition) is 0. The number of rotatable bonds is 0. The van der Waals surface area contributed by atoms with E-state index in [9.17, 15) is 0 Å². The third-order valence-corrected chi connectivity index (χ3v) is 2.63. The Labute approximate surface area is 119 Å². The fourth-order valence-electron chi connectivity index (χ4n) is 1.80. The molecule has 0 heterocycles. The molecular weight excluding hydrogens is 534 g/mol. The van der Waals surface area contributed by atoms with Gasteiger partial charge in [-0.25, -0.2) is 0 Å². The summed E-state index contributed by atoms with van der Waals surface area (Å²) >= 11 is 0. The molecule has 14 heavy (non-hydrogen) atoms. The smallest absolute Gasteiger partial charge is 0.328 e. The zero-order valence-electron chi connectivity index (χ0n) is 8.86. The molecule has 0 bridgehead atoms. The Morgan fingerprint density at radius 2 is 0.786 bits per heavy atom. The van der Waals surface area contributed by atoms with E-state index >= 15 is 0 Å². The predicted octanol–water partition coefficient (Wildman–Crippen LogP) is 4.30. The molecule has 0 radical (unpaired) electrons. The van der Waals surface area contributed by atoms with Crippen LogP contribution in [0.5, 0.6) is 0 Å². The molecule has 0 aromatic rings. The van der Waals surface area contributed by atoms with Crippen LogP contribution in [0, 0.1) is 12.8 Å². The molecule has 0 saturated heterocycles. The molecule has 90 valence electrons. The van der Waals surface area contributed by atoms with E-state index in [1.165, 1.54) is 64.2 Å². The molecule has 2 rings (SSSR count). The van der Waals surface area contributed by atoms with E-state index in [0.717, 1.165) is 0 Å². The maximum absolute atomic E-state index is 2.39. The van der Waals surface area contributed by atoms with Gasteiger partial charge >= 0.3 is 21.1 Å². The Morgan fingerprint density at radius 1 is 0.500 bits per heavy atom. The largest absolute Gasteiger partial charge is 2.00 e. The van der Waals surface area contributed by atoms with Crippen LogP contribution in [0.25, 0.3) is 0 Å². The predicted molar refractivity (Wildman–Crippen MR) is 54.8 cm³/mol. The molecule has 0 atom stereocenters. The zero-order valence-corrected chi connectivity index (χ0v) is 13.4. The van der Waals surface area contributed by atoms with Crippen molar-refractivity contribution in [3.05, 3.63) is 12.8 Å². The van der Waals surface area contributed by atoms with Crippen LogP contribution in [-0.4, -0.2) is 0 Å². The molecule has 2 saturated carbocycles. The van der Waals surface area contributed by atoms with Gasteiger partial charge in [-0.1, -0.05) is 38.5 Å². The van der Waals surface area contributed by atoms with Gasteiger partial charge < -0.3 is 12.8 Å². The summed E-state index contributed by atoms with van der Waals surface area (Å²) in [6.07, 6.45) is 19.0. The average Bonchev–Trinajstić information content (AvgIpc) is 2.24. The first-order valence-corrected chi connectivity index (χ1v) is 5.63. The van der Waals surface area contributed by atoms with Crippen LogP contribution in [-0.2, 0) is 42.1 Å². The molecule has 0 spiro atoms. The maximum atomic E-state index is 2.39. The fraction of sp³-hybridized carbons (Fsp3) is 0.833. The summed E-state index contributed by atoms with van der Waals surface area (Å²) in [5, 5.41) is 0. The average molecular weight is 556 g/mol. The molecular formula is C12H22Pt2. The van der Waals surface area contributed by atoms with Crippen molar-refractivity contribution in [3.8, 4) is 0 Å². The summed E-state index contributed by atoms with van der Waals surface area (Å²) in [7, 11) is 0. The van der Waals surface area contributed by atoms with Gasteiger partial charge in [-0.2, -0.15) is 25.7 Å². The summed E-state index contributed by atoms with van der Waals surface area (Å²) in [5.41, 5.74) is 0. The normalized spacial score (nSPS) is 20.6. The molecule has 0 nitrogen and oxygen atoms in total. The standard InChI is InChI=1S/2C6H11.2Pt/c2*1-2-4-6-5-3-1;;/h2*1H,2-6H2;;/q2*-1;;+2. The van der Waals surface area contributed by atoms with Crippen molar-refractivity contribution in [2.45, 2.75) is 64.2 Å². The zero-order chi connectivity index (χ0) is 8.49. The van der Waals surface area contributed by atoms with E-state index in [1.54, 1.807) is 0 Å². The fourth-order valence-corrected chi connectivity index (χ4v) is 1.80. The topological polar surface area (TPSA) is 0 Å². The van der Waals surface area contributed by atoms with Gasteiger partial charge in [-0.3, -0.25) is 0 Å². The Bertz CT molecular complexity index is 51.3. The van der Waals surface area contributed by atoms with Crippen molar-refractivity contribution in [3.63, 3.8) is 0 Å². The van der Waals surface area contributed by atoms with E-state index in [0.29, 0.717) is 0 Å². The van der Waals surface area contributed by atoms with Gasteiger partial charge in [0, 0.05) is 21.1 Å². The summed E-state index contributed by atoms with van der Waals surface area (Å²) in [6, 6.07) is 0. The molecule has 0 aromatic heterocycles. The SMILES string of the molecule is [CH-]1CCCCC1.[CH-]1CCCCC1.[Pt+2].[Pt]. The Kier molecular flexibility index (Phi) is 18.2. The van der Waals surface area contributed by atoms with Crippen LogP contribution in [0.1, 0.15) is 64.2 Å². The number of hydrogen-bond donors (Lipinski definition) is 0. The third kappa shape index (κ3) is 11.5. The van der Waals surface area contributed by atoms with Gasteiger partial charge in [-0.15, -0.1) is 0 Å². The first-order valence-electron chi connectivity index (χ1n) is 5.63. The second-order valence-electron chi connectivity index (χ2n) is 3.85. The second kappa shape index (κ2) is 14.4. The van der Waals surface area contributed by atoms with Crippen LogP contribution in [0.2, 0.25) is 0 Å². The molecule has 2 heteroatoms. The van der Waals surface area contributed by atoms with Crippen molar-refractivity contribution in [2.75, 3.05) is 0 Å². The minimum Gasteiger partial charge on any atom is -0.328 e. The molecule has 0 unspecified atom stereocenters. The monoisotopic (exact) mass is 556 g/mol. The Hall–Kier alpha value is 1.38. The summed E-state index contributed by atoms with van der Waals surface area (Å²) in [6.45, 7) is 0. The van der Waals surface area contributed by atoms with Crippen LogP contribution in [0.3, 0.4) is 0 Å². The van der Waals surface area contributed by atoms with Crippen LogP contribution in [0.15, 0.2) is 0 Å². The maximum Gasteiger partial charge on any atom is 2.00 e. The summed E-state index contributed by atoms with van der Waals surface area (Å²) < 4.78 is 0. The van der Waals surface area contributed by atoms with Gasteiger partial charge in [0.05, 0.1) is 0 Å². The summed E-state index contributed by atoms with van der Waals surface area (Å²) in [5.74, 6) is 0. The Morgan fingerprint density at radius 3 is 0.857 bits per heavy atom.